The maximum Gasteiger partial charge on any atom is 0.130 e. The lowest BCUT2D eigenvalue weighted by Gasteiger charge is -2.34. The number of anilines is 1. The predicted octanol–water partition coefficient (Wildman–Crippen LogP) is 1.69. The second-order valence-electron chi connectivity index (χ2n) is 5.02. The molecule has 0 spiro atoms. The Labute approximate surface area is 102 Å². The van der Waals surface area contributed by atoms with Gasteiger partial charge in [-0.3, -0.25) is 0 Å². The fraction of sp³-hybridized carbons (Fsp3) is 0.538. The molecule has 1 aliphatic heterocycles. The molecule has 0 aromatic carbocycles. The Balaban J connectivity index is 2.30. The van der Waals surface area contributed by atoms with Gasteiger partial charge in [-0.2, -0.15) is 5.26 Å². The Morgan fingerprint density at radius 1 is 1.59 bits per heavy atom. The largest absolute Gasteiger partial charge is 0.388 e. The molecule has 90 valence electrons. The summed E-state index contributed by atoms with van der Waals surface area (Å²) in [6, 6.07) is 5.66. The molecule has 0 bridgehead atoms. The summed E-state index contributed by atoms with van der Waals surface area (Å²) in [7, 11) is 0. The van der Waals surface area contributed by atoms with Gasteiger partial charge in [-0.05, 0) is 38.8 Å². The number of hydrogen-bond acceptors (Lipinski definition) is 4. The number of aromatic nitrogens is 1. The van der Waals surface area contributed by atoms with Gasteiger partial charge in [-0.15, -0.1) is 0 Å². The van der Waals surface area contributed by atoms with Crippen LogP contribution in [0, 0.1) is 11.3 Å². The van der Waals surface area contributed by atoms with Crippen LogP contribution in [0.5, 0.6) is 0 Å². The van der Waals surface area contributed by atoms with E-state index in [1.165, 1.54) is 0 Å². The molecule has 0 aliphatic carbocycles. The molecule has 1 aromatic heterocycles. The summed E-state index contributed by atoms with van der Waals surface area (Å²) in [6.07, 6.45) is 3.66. The zero-order valence-corrected chi connectivity index (χ0v) is 10.2. The fourth-order valence-corrected chi connectivity index (χ4v) is 2.42. The average Bonchev–Trinajstić information content (AvgIpc) is 2.77. The molecule has 2 heterocycles. The lowest BCUT2D eigenvalue weighted by atomic mass is 9.96. The Bertz CT molecular complexity index is 445. The molecule has 0 radical (unpaired) electrons. The molecule has 1 saturated heterocycles. The van der Waals surface area contributed by atoms with Gasteiger partial charge in [0.25, 0.3) is 0 Å². The number of nitriles is 1. The van der Waals surface area contributed by atoms with Crippen LogP contribution < -0.4 is 4.90 Å². The van der Waals surface area contributed by atoms with E-state index in [0.717, 1.165) is 25.2 Å². The molecular weight excluding hydrogens is 214 g/mol. The van der Waals surface area contributed by atoms with E-state index < -0.39 is 5.60 Å². The van der Waals surface area contributed by atoms with Crippen LogP contribution in [0.1, 0.15) is 32.3 Å². The second-order valence-corrected chi connectivity index (χ2v) is 5.02. The summed E-state index contributed by atoms with van der Waals surface area (Å²) >= 11 is 0. The van der Waals surface area contributed by atoms with E-state index in [-0.39, 0.29) is 6.04 Å². The number of aliphatic hydroxyl groups is 1. The van der Waals surface area contributed by atoms with Crippen LogP contribution in [0.15, 0.2) is 18.3 Å². The molecule has 2 rings (SSSR count). The maximum absolute atomic E-state index is 10.1. The van der Waals surface area contributed by atoms with Gasteiger partial charge in [0.2, 0.25) is 0 Å². The summed E-state index contributed by atoms with van der Waals surface area (Å²) in [5, 5.41) is 19.0. The number of rotatable bonds is 2. The summed E-state index contributed by atoms with van der Waals surface area (Å²) < 4.78 is 0. The second kappa shape index (κ2) is 4.34. The van der Waals surface area contributed by atoms with Crippen LogP contribution in [0.4, 0.5) is 5.82 Å². The van der Waals surface area contributed by atoms with Crippen molar-refractivity contribution in [3.8, 4) is 6.07 Å². The SMILES string of the molecule is CC(C)(O)[C@H]1CCCN1c1cc(C#N)ccn1. The first-order valence-corrected chi connectivity index (χ1v) is 5.87. The standard InChI is InChI=1S/C13H17N3O/c1-13(2,17)11-4-3-7-16(11)12-8-10(9-14)5-6-15-12/h5-6,8,11,17H,3-4,7H2,1-2H3/t11-/m1/s1. The van der Waals surface area contributed by atoms with Gasteiger partial charge in [0.15, 0.2) is 0 Å². The summed E-state index contributed by atoms with van der Waals surface area (Å²) in [6.45, 7) is 4.53. The molecule has 0 unspecified atom stereocenters. The average molecular weight is 231 g/mol. The molecule has 0 amide bonds. The van der Waals surface area contributed by atoms with E-state index in [0.29, 0.717) is 5.56 Å². The van der Waals surface area contributed by atoms with Crippen LogP contribution in [-0.2, 0) is 0 Å². The van der Waals surface area contributed by atoms with Crippen LogP contribution >= 0.6 is 0 Å². The van der Waals surface area contributed by atoms with Gasteiger partial charge in [-0.25, -0.2) is 4.98 Å². The van der Waals surface area contributed by atoms with Crippen molar-refractivity contribution in [1.29, 1.82) is 5.26 Å². The van der Waals surface area contributed by atoms with Crippen LogP contribution in [0.3, 0.4) is 0 Å². The number of nitrogens with zero attached hydrogens (tertiary/aromatic N) is 3. The monoisotopic (exact) mass is 231 g/mol. The Morgan fingerprint density at radius 2 is 2.35 bits per heavy atom. The smallest absolute Gasteiger partial charge is 0.130 e. The number of hydrogen-bond donors (Lipinski definition) is 1. The first-order valence-electron chi connectivity index (χ1n) is 5.87. The van der Waals surface area contributed by atoms with Crippen molar-refractivity contribution in [2.45, 2.75) is 38.3 Å². The van der Waals surface area contributed by atoms with Crippen molar-refractivity contribution in [2.75, 3.05) is 11.4 Å². The Kier molecular flexibility index (Phi) is 3.03. The molecule has 17 heavy (non-hydrogen) atoms. The van der Waals surface area contributed by atoms with Crippen LogP contribution in [-0.4, -0.2) is 28.3 Å². The van der Waals surface area contributed by atoms with Crippen molar-refractivity contribution in [2.24, 2.45) is 0 Å². The lowest BCUT2D eigenvalue weighted by Crippen LogP contribution is -2.46. The molecule has 4 heteroatoms. The van der Waals surface area contributed by atoms with E-state index in [1.54, 1.807) is 18.3 Å². The molecule has 1 aliphatic rings. The molecule has 1 fully saturated rings. The fourth-order valence-electron chi connectivity index (χ4n) is 2.42. The Morgan fingerprint density at radius 3 is 3.00 bits per heavy atom. The first-order chi connectivity index (χ1) is 8.02. The third-order valence-electron chi connectivity index (χ3n) is 3.24. The minimum atomic E-state index is -0.749. The van der Waals surface area contributed by atoms with E-state index >= 15 is 0 Å². The highest BCUT2D eigenvalue weighted by Crippen LogP contribution is 2.30. The zero-order valence-electron chi connectivity index (χ0n) is 10.2. The normalized spacial score (nSPS) is 20.4. The van der Waals surface area contributed by atoms with Crippen LogP contribution in [0.25, 0.3) is 0 Å². The quantitative estimate of drug-likeness (QED) is 0.841. The maximum atomic E-state index is 10.1. The van der Waals surface area contributed by atoms with Gasteiger partial charge in [0, 0.05) is 12.7 Å². The van der Waals surface area contributed by atoms with Gasteiger partial charge in [-0.1, -0.05) is 0 Å². The van der Waals surface area contributed by atoms with Crippen molar-refractivity contribution < 1.29 is 5.11 Å². The van der Waals surface area contributed by atoms with Crippen LogP contribution in [0.2, 0.25) is 0 Å². The third kappa shape index (κ3) is 2.40. The van der Waals surface area contributed by atoms with E-state index in [9.17, 15) is 5.11 Å². The minimum absolute atomic E-state index is 0.0731. The van der Waals surface area contributed by atoms with Crippen molar-refractivity contribution in [1.82, 2.24) is 4.98 Å². The van der Waals surface area contributed by atoms with Gasteiger partial charge in [0.05, 0.1) is 23.3 Å². The lowest BCUT2D eigenvalue weighted by molar-refractivity contribution is 0.0533. The summed E-state index contributed by atoms with van der Waals surface area (Å²) in [5.41, 5.74) is -0.141. The topological polar surface area (TPSA) is 60.1 Å². The van der Waals surface area contributed by atoms with Gasteiger partial charge >= 0.3 is 0 Å². The molecule has 4 nitrogen and oxygen atoms in total. The third-order valence-corrected chi connectivity index (χ3v) is 3.24. The summed E-state index contributed by atoms with van der Waals surface area (Å²) in [4.78, 5) is 6.39. The van der Waals surface area contributed by atoms with E-state index in [1.807, 2.05) is 13.8 Å². The predicted molar refractivity (Wildman–Crippen MR) is 65.6 cm³/mol. The molecule has 0 saturated carbocycles. The molecule has 1 aromatic rings. The summed E-state index contributed by atoms with van der Waals surface area (Å²) in [5.74, 6) is 0.786. The molecular formula is C13H17N3O. The zero-order chi connectivity index (χ0) is 12.5. The highest BCUT2D eigenvalue weighted by Gasteiger charge is 2.36. The highest BCUT2D eigenvalue weighted by atomic mass is 16.3. The highest BCUT2D eigenvalue weighted by molar-refractivity contribution is 5.47. The number of pyridine rings is 1. The Hall–Kier alpha value is -1.60. The van der Waals surface area contributed by atoms with Gasteiger partial charge in [0.1, 0.15) is 5.82 Å². The first kappa shape index (κ1) is 11.9. The van der Waals surface area contributed by atoms with E-state index in [4.69, 9.17) is 5.26 Å². The molecule has 1 N–H and O–H groups in total. The van der Waals surface area contributed by atoms with Crippen molar-refractivity contribution in [3.05, 3.63) is 23.9 Å². The van der Waals surface area contributed by atoms with Crippen molar-refractivity contribution in [3.63, 3.8) is 0 Å². The van der Waals surface area contributed by atoms with E-state index in [2.05, 4.69) is 16.0 Å². The minimum Gasteiger partial charge on any atom is -0.388 e. The van der Waals surface area contributed by atoms with Crippen molar-refractivity contribution >= 4 is 5.82 Å². The van der Waals surface area contributed by atoms with Gasteiger partial charge < -0.3 is 10.0 Å². The molecule has 1 atom stereocenters.